The van der Waals surface area contributed by atoms with E-state index < -0.39 is 0 Å². The van der Waals surface area contributed by atoms with Gasteiger partial charge in [-0.2, -0.15) is 0 Å². The fraction of sp³-hybridized carbons (Fsp3) is 0.389. The van der Waals surface area contributed by atoms with Crippen molar-refractivity contribution in [1.82, 2.24) is 9.47 Å². The van der Waals surface area contributed by atoms with Crippen molar-refractivity contribution in [3.8, 4) is 0 Å². The van der Waals surface area contributed by atoms with Crippen molar-refractivity contribution >= 4 is 22.6 Å². The molecule has 2 aliphatic rings. The van der Waals surface area contributed by atoms with Crippen LogP contribution in [0.2, 0.25) is 0 Å². The van der Waals surface area contributed by atoms with Crippen LogP contribution in [0.4, 0.5) is 0 Å². The van der Waals surface area contributed by atoms with Crippen LogP contribution in [0, 0.1) is 0 Å². The van der Waals surface area contributed by atoms with Crippen LogP contribution < -0.4 is 0 Å². The molecule has 3 heterocycles. The number of rotatable bonds is 2. The lowest BCUT2D eigenvalue weighted by Gasteiger charge is -2.38. The van der Waals surface area contributed by atoms with E-state index in [0.717, 1.165) is 31.4 Å². The summed E-state index contributed by atoms with van der Waals surface area (Å²) < 4.78 is 7.13. The molecule has 0 N–H and O–H groups in total. The molecule has 1 atom stereocenters. The third-order valence-electron chi connectivity index (χ3n) is 5.00. The number of para-hydroxylation sites is 1. The minimum absolute atomic E-state index is 0.254. The highest BCUT2D eigenvalue weighted by atomic mass is 16.5. The molecule has 0 bridgehead atoms. The van der Waals surface area contributed by atoms with Gasteiger partial charge >= 0.3 is 5.97 Å². The van der Waals surface area contributed by atoms with Crippen LogP contribution in [0.5, 0.6) is 0 Å². The summed E-state index contributed by atoms with van der Waals surface area (Å²) in [6.45, 7) is 4.33. The van der Waals surface area contributed by atoms with Gasteiger partial charge in [-0.05, 0) is 31.0 Å². The molecule has 0 spiro atoms. The molecule has 0 radical (unpaired) electrons. The standard InChI is InChI=1S/C18H20N2O2/c1-3-19-11-10-13-12-6-4-5-7-14(12)20-16(18(21)22-2)9-8-15(19)17(13)20/h4-7,9,15H,3,8,10-11H2,1-2H3. The molecule has 4 rings (SSSR count). The summed E-state index contributed by atoms with van der Waals surface area (Å²) in [6.07, 6.45) is 3.96. The Balaban J connectivity index is 2.03. The van der Waals surface area contributed by atoms with Gasteiger partial charge in [-0.15, -0.1) is 0 Å². The third-order valence-corrected chi connectivity index (χ3v) is 5.00. The fourth-order valence-corrected chi connectivity index (χ4v) is 4.02. The summed E-state index contributed by atoms with van der Waals surface area (Å²) in [7, 11) is 1.45. The van der Waals surface area contributed by atoms with E-state index in [2.05, 4.69) is 34.6 Å². The number of likely N-dealkylation sites (N-methyl/N-ethyl adjacent to an activating group) is 1. The first kappa shape index (κ1) is 13.6. The van der Waals surface area contributed by atoms with E-state index in [1.54, 1.807) is 0 Å². The van der Waals surface area contributed by atoms with Crippen molar-refractivity contribution in [2.24, 2.45) is 0 Å². The zero-order valence-corrected chi connectivity index (χ0v) is 13.0. The van der Waals surface area contributed by atoms with Crippen molar-refractivity contribution in [2.75, 3.05) is 20.2 Å². The molecule has 0 saturated heterocycles. The van der Waals surface area contributed by atoms with Crippen LogP contribution in [0.15, 0.2) is 30.3 Å². The van der Waals surface area contributed by atoms with E-state index in [1.807, 2.05) is 12.1 Å². The average Bonchev–Trinajstić information content (AvgIpc) is 2.91. The summed E-state index contributed by atoms with van der Waals surface area (Å²) in [5, 5.41) is 1.27. The molecule has 0 fully saturated rings. The molecule has 22 heavy (non-hydrogen) atoms. The second-order valence-electron chi connectivity index (χ2n) is 5.93. The number of methoxy groups -OCH3 is 1. The number of ether oxygens (including phenoxy) is 1. The lowest BCUT2D eigenvalue weighted by molar-refractivity contribution is -0.134. The largest absolute Gasteiger partial charge is 0.464 e. The van der Waals surface area contributed by atoms with Crippen molar-refractivity contribution < 1.29 is 9.53 Å². The number of hydrogen-bond donors (Lipinski definition) is 0. The van der Waals surface area contributed by atoms with Gasteiger partial charge in [0.25, 0.3) is 0 Å². The Morgan fingerprint density at radius 3 is 2.95 bits per heavy atom. The molecule has 2 aliphatic heterocycles. The SMILES string of the molecule is CCN1CCc2c3n(c4ccccc24)C(C(=O)OC)=CCC31. The topological polar surface area (TPSA) is 34.5 Å². The number of nitrogens with zero attached hydrogens (tertiary/aromatic N) is 2. The maximum Gasteiger partial charge on any atom is 0.354 e. The van der Waals surface area contributed by atoms with Gasteiger partial charge in [0, 0.05) is 17.6 Å². The number of fused-ring (bicyclic) bond motifs is 3. The molecule has 114 valence electrons. The molecule has 1 aromatic heterocycles. The molecule has 1 aromatic carbocycles. The van der Waals surface area contributed by atoms with Crippen molar-refractivity contribution in [1.29, 1.82) is 0 Å². The quantitative estimate of drug-likeness (QED) is 0.799. The Bertz CT molecular complexity index is 788. The summed E-state index contributed by atoms with van der Waals surface area (Å²) in [5.74, 6) is -0.254. The van der Waals surface area contributed by atoms with Gasteiger partial charge in [0.05, 0.1) is 18.7 Å². The second kappa shape index (κ2) is 4.99. The molecule has 0 aliphatic carbocycles. The summed E-state index contributed by atoms with van der Waals surface area (Å²) in [4.78, 5) is 14.7. The first-order valence-electron chi connectivity index (χ1n) is 7.91. The Hall–Kier alpha value is -2.07. The summed E-state index contributed by atoms with van der Waals surface area (Å²) >= 11 is 0. The molecular formula is C18H20N2O2. The Morgan fingerprint density at radius 2 is 2.18 bits per heavy atom. The average molecular weight is 296 g/mol. The van der Waals surface area contributed by atoms with Crippen LogP contribution in [0.25, 0.3) is 16.6 Å². The lowest BCUT2D eigenvalue weighted by Crippen LogP contribution is -2.37. The number of carbonyl (C=O) groups is 1. The number of carbonyl (C=O) groups excluding carboxylic acids is 1. The van der Waals surface area contributed by atoms with Crippen molar-refractivity contribution in [3.63, 3.8) is 0 Å². The highest BCUT2D eigenvalue weighted by Gasteiger charge is 2.36. The van der Waals surface area contributed by atoms with Gasteiger partial charge < -0.3 is 9.30 Å². The predicted octanol–water partition coefficient (Wildman–Crippen LogP) is 2.98. The van der Waals surface area contributed by atoms with Crippen LogP contribution in [-0.2, 0) is 16.0 Å². The normalized spacial score (nSPS) is 20.6. The van der Waals surface area contributed by atoms with E-state index in [9.17, 15) is 4.79 Å². The highest BCUT2D eigenvalue weighted by molar-refractivity contribution is 6.13. The monoisotopic (exact) mass is 296 g/mol. The molecule has 4 nitrogen and oxygen atoms in total. The van der Waals surface area contributed by atoms with E-state index in [1.165, 1.54) is 23.8 Å². The van der Waals surface area contributed by atoms with Gasteiger partial charge in [-0.3, -0.25) is 4.90 Å². The lowest BCUT2D eigenvalue weighted by atomic mass is 9.93. The number of hydrogen-bond acceptors (Lipinski definition) is 3. The number of benzene rings is 1. The van der Waals surface area contributed by atoms with E-state index in [4.69, 9.17) is 4.74 Å². The van der Waals surface area contributed by atoms with Crippen molar-refractivity contribution in [3.05, 3.63) is 41.6 Å². The van der Waals surface area contributed by atoms with Gasteiger partial charge in [0.2, 0.25) is 0 Å². The molecule has 0 saturated carbocycles. The van der Waals surface area contributed by atoms with E-state index in [-0.39, 0.29) is 5.97 Å². The molecule has 4 heteroatoms. The maximum absolute atomic E-state index is 12.2. The highest BCUT2D eigenvalue weighted by Crippen LogP contribution is 2.43. The first-order valence-corrected chi connectivity index (χ1v) is 7.91. The molecular weight excluding hydrogens is 276 g/mol. The summed E-state index contributed by atoms with van der Waals surface area (Å²) in [5.41, 5.74) is 4.47. The second-order valence-corrected chi connectivity index (χ2v) is 5.93. The van der Waals surface area contributed by atoms with Crippen LogP contribution in [0.1, 0.15) is 30.6 Å². The molecule has 1 unspecified atom stereocenters. The zero-order chi connectivity index (χ0) is 15.3. The van der Waals surface area contributed by atoms with Crippen LogP contribution in [-0.4, -0.2) is 35.6 Å². The maximum atomic E-state index is 12.2. The smallest absolute Gasteiger partial charge is 0.354 e. The molecule has 2 aromatic rings. The van der Waals surface area contributed by atoms with Crippen LogP contribution in [0.3, 0.4) is 0 Å². The van der Waals surface area contributed by atoms with Crippen molar-refractivity contribution in [2.45, 2.75) is 25.8 Å². The van der Waals surface area contributed by atoms with E-state index >= 15 is 0 Å². The minimum atomic E-state index is -0.254. The Labute approximate surface area is 130 Å². The Morgan fingerprint density at radius 1 is 1.36 bits per heavy atom. The number of aromatic nitrogens is 1. The third kappa shape index (κ3) is 1.70. The van der Waals surface area contributed by atoms with Crippen LogP contribution >= 0.6 is 0 Å². The van der Waals surface area contributed by atoms with E-state index in [0.29, 0.717) is 11.7 Å². The van der Waals surface area contributed by atoms with Gasteiger partial charge in [-0.25, -0.2) is 4.79 Å². The van der Waals surface area contributed by atoms with Gasteiger partial charge in [0.1, 0.15) is 5.70 Å². The minimum Gasteiger partial charge on any atom is -0.464 e. The predicted molar refractivity (Wildman–Crippen MR) is 86.5 cm³/mol. The first-order chi connectivity index (χ1) is 10.8. The van der Waals surface area contributed by atoms with Gasteiger partial charge in [0.15, 0.2) is 0 Å². The Kier molecular flexibility index (Phi) is 3.08. The fourth-order valence-electron chi connectivity index (χ4n) is 4.02. The number of esters is 1. The molecule has 0 amide bonds. The van der Waals surface area contributed by atoms with Gasteiger partial charge in [-0.1, -0.05) is 31.2 Å². The summed E-state index contributed by atoms with van der Waals surface area (Å²) in [6, 6.07) is 8.75. The zero-order valence-electron chi connectivity index (χ0n) is 13.0.